The molecule has 0 saturated carbocycles. The van der Waals surface area contributed by atoms with E-state index in [1.807, 2.05) is 36.4 Å². The van der Waals surface area contributed by atoms with Crippen molar-refractivity contribution in [1.82, 2.24) is 0 Å². The smallest absolute Gasteiger partial charge is 0.145 e. The van der Waals surface area contributed by atoms with Crippen molar-refractivity contribution < 1.29 is 4.42 Å². The zero-order valence-electron chi connectivity index (χ0n) is 16.8. The van der Waals surface area contributed by atoms with E-state index in [4.69, 9.17) is 16.0 Å². The number of rotatable bonds is 3. The van der Waals surface area contributed by atoms with Gasteiger partial charge in [-0.2, -0.15) is 5.26 Å². The van der Waals surface area contributed by atoms with E-state index < -0.39 is 0 Å². The van der Waals surface area contributed by atoms with E-state index in [9.17, 15) is 5.26 Å². The molecule has 4 rings (SSSR count). The van der Waals surface area contributed by atoms with Gasteiger partial charge in [0, 0.05) is 15.5 Å². The molecule has 3 aromatic rings. The molecule has 0 unspecified atom stereocenters. The molecule has 5 heteroatoms. The molecule has 0 N–H and O–H groups in total. The maximum atomic E-state index is 9.71. The molecule has 2 heterocycles. The summed E-state index contributed by atoms with van der Waals surface area (Å²) in [6, 6.07) is 13.7. The highest BCUT2D eigenvalue weighted by Crippen LogP contribution is 2.44. The van der Waals surface area contributed by atoms with E-state index in [-0.39, 0.29) is 5.41 Å². The van der Waals surface area contributed by atoms with Gasteiger partial charge in [0.25, 0.3) is 0 Å². The molecule has 29 heavy (non-hydrogen) atoms. The van der Waals surface area contributed by atoms with E-state index in [0.29, 0.717) is 16.7 Å². The van der Waals surface area contributed by atoms with E-state index in [1.54, 1.807) is 17.6 Å². The molecule has 0 bridgehead atoms. The summed E-state index contributed by atoms with van der Waals surface area (Å²) in [6.45, 7) is 6.90. The molecule has 1 aliphatic carbocycles. The van der Waals surface area contributed by atoms with Crippen LogP contribution in [-0.2, 0) is 12.8 Å². The molecule has 0 fully saturated rings. The van der Waals surface area contributed by atoms with Gasteiger partial charge in [-0.25, -0.2) is 4.99 Å². The van der Waals surface area contributed by atoms with Crippen LogP contribution in [0.4, 0.5) is 5.00 Å². The number of nitrogens with zero attached hydrogens (tertiary/aromatic N) is 2. The molecule has 1 aliphatic rings. The van der Waals surface area contributed by atoms with Crippen LogP contribution in [0.5, 0.6) is 0 Å². The van der Waals surface area contributed by atoms with Crippen LogP contribution in [0.2, 0.25) is 5.02 Å². The van der Waals surface area contributed by atoms with Gasteiger partial charge in [-0.05, 0) is 60.4 Å². The molecule has 0 radical (unpaired) electrons. The fourth-order valence-electron chi connectivity index (χ4n) is 3.86. The van der Waals surface area contributed by atoms with Crippen molar-refractivity contribution in [3.8, 4) is 17.4 Å². The quantitative estimate of drug-likeness (QED) is 0.412. The molecule has 0 spiro atoms. The van der Waals surface area contributed by atoms with Gasteiger partial charge >= 0.3 is 0 Å². The molecular formula is C24H23ClN2OS. The molecule has 0 saturated heterocycles. The normalized spacial score (nSPS) is 16.7. The standard InChI is InChI=1S/C24H23ClN2OS/c1-24(2,3)16-7-9-19-20(13-26)23(29-22(19)12-16)27-14-18-8-10-21(28-18)15-5-4-6-17(25)11-15/h4-6,8,10-11,14,16H,7,9,12H2,1-3H3/t16-/m1/s1. The summed E-state index contributed by atoms with van der Waals surface area (Å²) in [5, 5.41) is 11.2. The Balaban J connectivity index is 1.59. The topological polar surface area (TPSA) is 49.3 Å². The fraction of sp³-hybridized carbons (Fsp3) is 0.333. The third-order valence-electron chi connectivity index (χ3n) is 5.63. The number of halogens is 1. The zero-order chi connectivity index (χ0) is 20.6. The van der Waals surface area contributed by atoms with Crippen LogP contribution in [0.25, 0.3) is 11.3 Å². The van der Waals surface area contributed by atoms with Crippen molar-refractivity contribution in [2.24, 2.45) is 16.3 Å². The lowest BCUT2D eigenvalue weighted by molar-refractivity contribution is 0.218. The lowest BCUT2D eigenvalue weighted by atomic mass is 9.72. The predicted octanol–water partition coefficient (Wildman–Crippen LogP) is 7.43. The summed E-state index contributed by atoms with van der Waals surface area (Å²) in [5.41, 5.74) is 3.14. The third kappa shape index (κ3) is 4.17. The first kappa shape index (κ1) is 19.9. The molecule has 0 amide bonds. The van der Waals surface area contributed by atoms with E-state index in [1.165, 1.54) is 10.4 Å². The van der Waals surface area contributed by atoms with Crippen molar-refractivity contribution >= 4 is 34.2 Å². The fourth-order valence-corrected chi connectivity index (χ4v) is 5.27. The van der Waals surface area contributed by atoms with E-state index >= 15 is 0 Å². The Labute approximate surface area is 180 Å². The second kappa shape index (κ2) is 7.82. The van der Waals surface area contributed by atoms with Gasteiger partial charge in [0.05, 0.1) is 11.8 Å². The van der Waals surface area contributed by atoms with Gasteiger partial charge in [0.1, 0.15) is 22.6 Å². The second-order valence-electron chi connectivity index (χ2n) is 8.57. The van der Waals surface area contributed by atoms with Crippen molar-refractivity contribution in [2.45, 2.75) is 40.0 Å². The number of benzene rings is 1. The van der Waals surface area contributed by atoms with Crippen LogP contribution in [0.1, 0.15) is 49.0 Å². The summed E-state index contributed by atoms with van der Waals surface area (Å²) in [6.07, 6.45) is 4.83. The highest BCUT2D eigenvalue weighted by Gasteiger charge is 2.32. The number of aliphatic imine (C=N–C) groups is 1. The van der Waals surface area contributed by atoms with Crippen LogP contribution in [-0.4, -0.2) is 6.21 Å². The largest absolute Gasteiger partial charge is 0.455 e. The van der Waals surface area contributed by atoms with Crippen molar-refractivity contribution in [3.63, 3.8) is 0 Å². The molecule has 3 nitrogen and oxygen atoms in total. The van der Waals surface area contributed by atoms with E-state index in [0.717, 1.165) is 41.2 Å². The first-order valence-electron chi connectivity index (χ1n) is 9.79. The minimum atomic E-state index is 0.281. The maximum absolute atomic E-state index is 9.71. The van der Waals surface area contributed by atoms with Crippen molar-refractivity contribution in [3.05, 3.63) is 63.2 Å². The number of furan rings is 1. The SMILES string of the molecule is CC(C)(C)[C@@H]1CCc2c(sc(N=Cc3ccc(-c4cccc(Cl)c4)o3)c2C#N)C1. The lowest BCUT2D eigenvalue weighted by Crippen LogP contribution is -2.26. The van der Waals surface area contributed by atoms with Gasteiger partial charge in [0.2, 0.25) is 0 Å². The highest BCUT2D eigenvalue weighted by atomic mass is 35.5. The van der Waals surface area contributed by atoms with Crippen LogP contribution < -0.4 is 0 Å². The molecular weight excluding hydrogens is 400 g/mol. The van der Waals surface area contributed by atoms with Gasteiger partial charge < -0.3 is 4.42 Å². The Morgan fingerprint density at radius 2 is 2.10 bits per heavy atom. The minimum Gasteiger partial charge on any atom is -0.455 e. The van der Waals surface area contributed by atoms with E-state index in [2.05, 4.69) is 31.8 Å². The summed E-state index contributed by atoms with van der Waals surface area (Å²) < 4.78 is 5.90. The Bertz CT molecular complexity index is 1110. The van der Waals surface area contributed by atoms with Crippen LogP contribution in [0.3, 0.4) is 0 Å². The predicted molar refractivity (Wildman–Crippen MR) is 120 cm³/mol. The first-order chi connectivity index (χ1) is 13.8. The third-order valence-corrected chi connectivity index (χ3v) is 7.03. The average Bonchev–Trinajstić information content (AvgIpc) is 3.29. The first-order valence-corrected chi connectivity index (χ1v) is 11.0. The molecule has 148 valence electrons. The molecule has 0 aliphatic heterocycles. The van der Waals surface area contributed by atoms with Gasteiger partial charge in [-0.15, -0.1) is 11.3 Å². The highest BCUT2D eigenvalue weighted by molar-refractivity contribution is 7.16. The van der Waals surface area contributed by atoms with Crippen LogP contribution in [0, 0.1) is 22.7 Å². The number of thiophene rings is 1. The van der Waals surface area contributed by atoms with Crippen molar-refractivity contribution in [1.29, 1.82) is 5.26 Å². The Morgan fingerprint density at radius 3 is 2.83 bits per heavy atom. The summed E-state index contributed by atoms with van der Waals surface area (Å²) in [5.74, 6) is 2.04. The average molecular weight is 423 g/mol. The number of nitriles is 1. The zero-order valence-corrected chi connectivity index (χ0v) is 18.4. The number of hydrogen-bond acceptors (Lipinski definition) is 4. The second-order valence-corrected chi connectivity index (χ2v) is 10.1. The monoisotopic (exact) mass is 422 g/mol. The van der Waals surface area contributed by atoms with Crippen LogP contribution >= 0.6 is 22.9 Å². The Morgan fingerprint density at radius 1 is 1.28 bits per heavy atom. The van der Waals surface area contributed by atoms with Gasteiger partial charge in [-0.1, -0.05) is 44.5 Å². The minimum absolute atomic E-state index is 0.281. The summed E-state index contributed by atoms with van der Waals surface area (Å²) >= 11 is 7.72. The maximum Gasteiger partial charge on any atom is 0.145 e. The molecule has 1 atom stereocenters. The van der Waals surface area contributed by atoms with Crippen molar-refractivity contribution in [2.75, 3.05) is 0 Å². The van der Waals surface area contributed by atoms with Gasteiger partial charge in [-0.3, -0.25) is 0 Å². The molecule has 2 aromatic heterocycles. The lowest BCUT2D eigenvalue weighted by Gasteiger charge is -2.33. The van der Waals surface area contributed by atoms with Gasteiger partial charge in [0.15, 0.2) is 0 Å². The number of fused-ring (bicyclic) bond motifs is 1. The summed E-state index contributed by atoms with van der Waals surface area (Å²) in [4.78, 5) is 5.93. The summed E-state index contributed by atoms with van der Waals surface area (Å²) in [7, 11) is 0. The Kier molecular flexibility index (Phi) is 5.38. The van der Waals surface area contributed by atoms with Crippen LogP contribution in [0.15, 0.2) is 45.8 Å². The molecule has 1 aromatic carbocycles. The Hall–Kier alpha value is -2.35. The number of hydrogen-bond donors (Lipinski definition) is 0.